The molecule has 0 unspecified atom stereocenters. The first kappa shape index (κ1) is 27.6. The Hall–Kier alpha value is -3.44. The molecule has 4 rings (SSSR count). The molecule has 2 aromatic carbocycles. The quantitative estimate of drug-likeness (QED) is 0.437. The molecule has 0 aliphatic carbocycles. The van der Waals surface area contributed by atoms with Crippen LogP contribution in [0, 0.1) is 12.8 Å². The van der Waals surface area contributed by atoms with Gasteiger partial charge in [0.2, 0.25) is 16.0 Å². The fourth-order valence-corrected chi connectivity index (χ4v) is 4.86. The molecule has 10 nitrogen and oxygen atoms in total. The Morgan fingerprint density at radius 3 is 2.42 bits per heavy atom. The van der Waals surface area contributed by atoms with Crippen molar-refractivity contribution in [3.63, 3.8) is 0 Å². The monoisotopic (exact) mass is 541 g/mol. The first-order chi connectivity index (χ1) is 17.9. The summed E-state index contributed by atoms with van der Waals surface area (Å²) in [6, 6.07) is 11.8. The number of aryl methyl sites for hydroxylation is 1. The molecule has 11 heteroatoms. The third-order valence-corrected chi connectivity index (χ3v) is 7.29. The Kier molecular flexibility index (Phi) is 8.08. The molecule has 0 spiro atoms. The maximum absolute atomic E-state index is 12.3. The molecule has 204 valence electrons. The standard InChI is InChI=1S/C27H35N5O5S/c1-18-23-10-7-21(36-16-13-19-11-14-32(15-12-19)26(33)37-27(2,3)4)17-24(23)31-25(29-18)30-20-5-8-22(9-6-20)38(28,34)35/h5-10,17,19H,11-16H2,1-4H3,(H2,28,34,35)(H,29,30,31). The second-order valence-electron chi connectivity index (χ2n) is 10.6. The van der Waals surface area contributed by atoms with E-state index < -0.39 is 15.6 Å². The molecule has 0 atom stereocenters. The van der Waals surface area contributed by atoms with Gasteiger partial charge in [-0.05, 0) is 89.3 Å². The van der Waals surface area contributed by atoms with Gasteiger partial charge in [0.15, 0.2) is 0 Å². The number of sulfonamides is 1. The summed E-state index contributed by atoms with van der Waals surface area (Å²) in [7, 11) is -3.75. The molecule has 1 aromatic heterocycles. The van der Waals surface area contributed by atoms with Crippen molar-refractivity contribution in [1.82, 2.24) is 14.9 Å². The summed E-state index contributed by atoms with van der Waals surface area (Å²) in [5, 5.41) is 9.19. The lowest BCUT2D eigenvalue weighted by Crippen LogP contribution is -2.41. The van der Waals surface area contributed by atoms with E-state index in [4.69, 9.17) is 14.6 Å². The highest BCUT2D eigenvalue weighted by molar-refractivity contribution is 7.89. The number of nitrogens with two attached hydrogens (primary N) is 1. The Labute approximate surface area is 223 Å². The van der Waals surface area contributed by atoms with E-state index in [9.17, 15) is 13.2 Å². The number of benzene rings is 2. The molecule has 1 aliphatic heterocycles. The van der Waals surface area contributed by atoms with Gasteiger partial charge in [0, 0.05) is 30.2 Å². The lowest BCUT2D eigenvalue weighted by Gasteiger charge is -2.33. The molecule has 0 saturated carbocycles. The molecule has 2 heterocycles. The fourth-order valence-electron chi connectivity index (χ4n) is 4.34. The van der Waals surface area contributed by atoms with Gasteiger partial charge in [-0.2, -0.15) is 0 Å². The van der Waals surface area contributed by atoms with Crippen molar-refractivity contribution >= 4 is 38.7 Å². The van der Waals surface area contributed by atoms with Crippen LogP contribution in [-0.4, -0.2) is 54.7 Å². The number of amides is 1. The first-order valence-electron chi connectivity index (χ1n) is 12.7. The van der Waals surface area contributed by atoms with E-state index in [1.54, 1.807) is 17.0 Å². The van der Waals surface area contributed by atoms with Crippen LogP contribution in [0.5, 0.6) is 5.75 Å². The number of rotatable bonds is 7. The summed E-state index contributed by atoms with van der Waals surface area (Å²) in [4.78, 5) is 23.2. The van der Waals surface area contributed by atoms with E-state index in [0.29, 0.717) is 37.3 Å². The second kappa shape index (κ2) is 11.1. The van der Waals surface area contributed by atoms with Crippen LogP contribution in [0.15, 0.2) is 47.4 Å². The van der Waals surface area contributed by atoms with Crippen molar-refractivity contribution in [3.05, 3.63) is 48.2 Å². The molecular formula is C27H35N5O5S. The summed E-state index contributed by atoms with van der Waals surface area (Å²) < 4.78 is 34.5. The number of likely N-dealkylation sites (tertiary alicyclic amines) is 1. The molecule has 0 radical (unpaired) electrons. The third kappa shape index (κ3) is 7.32. The Bertz CT molecular complexity index is 1400. The van der Waals surface area contributed by atoms with Gasteiger partial charge in [-0.25, -0.2) is 28.3 Å². The summed E-state index contributed by atoms with van der Waals surface area (Å²) in [6.07, 6.45) is 2.53. The zero-order chi connectivity index (χ0) is 27.5. The van der Waals surface area contributed by atoms with Gasteiger partial charge >= 0.3 is 6.09 Å². The largest absolute Gasteiger partial charge is 0.494 e. The smallest absolute Gasteiger partial charge is 0.410 e. The minimum absolute atomic E-state index is 0.0362. The molecule has 3 N–H and O–H groups in total. The van der Waals surface area contributed by atoms with Crippen molar-refractivity contribution in [2.45, 2.75) is 57.5 Å². The van der Waals surface area contributed by atoms with Gasteiger partial charge in [-0.15, -0.1) is 0 Å². The Morgan fingerprint density at radius 2 is 1.79 bits per heavy atom. The topological polar surface area (TPSA) is 137 Å². The van der Waals surface area contributed by atoms with E-state index in [1.807, 2.05) is 45.9 Å². The van der Waals surface area contributed by atoms with Crippen LogP contribution in [0.4, 0.5) is 16.4 Å². The molecule has 3 aromatic rings. The number of piperidine rings is 1. The summed E-state index contributed by atoms with van der Waals surface area (Å²) in [5.74, 6) is 1.62. The van der Waals surface area contributed by atoms with Gasteiger partial charge in [0.1, 0.15) is 11.4 Å². The average molecular weight is 542 g/mol. The molecule has 38 heavy (non-hydrogen) atoms. The molecule has 0 bridgehead atoms. The highest BCUT2D eigenvalue weighted by Crippen LogP contribution is 2.26. The predicted octanol–water partition coefficient (Wildman–Crippen LogP) is 4.75. The van der Waals surface area contributed by atoms with E-state index >= 15 is 0 Å². The SMILES string of the molecule is Cc1nc(Nc2ccc(S(N)(=O)=O)cc2)nc2cc(OCCC3CCN(C(=O)OC(C)(C)C)CC3)ccc12. The van der Waals surface area contributed by atoms with Gasteiger partial charge in [-0.1, -0.05) is 0 Å². The van der Waals surface area contributed by atoms with Gasteiger partial charge in [-0.3, -0.25) is 0 Å². The number of carbonyl (C=O) groups is 1. The number of primary sulfonamides is 1. The van der Waals surface area contributed by atoms with E-state index in [-0.39, 0.29) is 11.0 Å². The highest BCUT2D eigenvalue weighted by atomic mass is 32.2. The number of anilines is 2. The Balaban J connectivity index is 1.33. The normalized spacial score (nSPS) is 14.9. The van der Waals surface area contributed by atoms with Crippen molar-refractivity contribution in [2.75, 3.05) is 25.0 Å². The van der Waals surface area contributed by atoms with Crippen molar-refractivity contribution in [2.24, 2.45) is 11.1 Å². The van der Waals surface area contributed by atoms with Crippen LogP contribution in [0.25, 0.3) is 10.9 Å². The van der Waals surface area contributed by atoms with Crippen LogP contribution in [0.2, 0.25) is 0 Å². The molecule has 1 aliphatic rings. The number of ether oxygens (including phenoxy) is 2. The number of fused-ring (bicyclic) bond motifs is 1. The van der Waals surface area contributed by atoms with Gasteiger partial charge < -0.3 is 19.7 Å². The maximum Gasteiger partial charge on any atom is 0.410 e. The predicted molar refractivity (Wildman–Crippen MR) is 146 cm³/mol. The lowest BCUT2D eigenvalue weighted by molar-refractivity contribution is 0.0177. The Morgan fingerprint density at radius 1 is 1.11 bits per heavy atom. The summed E-state index contributed by atoms with van der Waals surface area (Å²) >= 11 is 0. The van der Waals surface area contributed by atoms with Gasteiger partial charge in [0.25, 0.3) is 0 Å². The van der Waals surface area contributed by atoms with E-state index in [1.165, 1.54) is 12.1 Å². The van der Waals surface area contributed by atoms with Crippen molar-refractivity contribution in [1.29, 1.82) is 0 Å². The number of nitrogens with zero attached hydrogens (tertiary/aromatic N) is 3. The van der Waals surface area contributed by atoms with Crippen LogP contribution >= 0.6 is 0 Å². The first-order valence-corrected chi connectivity index (χ1v) is 14.2. The van der Waals surface area contributed by atoms with Crippen LogP contribution in [0.3, 0.4) is 0 Å². The average Bonchev–Trinajstić information content (AvgIpc) is 2.83. The van der Waals surface area contributed by atoms with Crippen LogP contribution in [-0.2, 0) is 14.8 Å². The zero-order valence-corrected chi connectivity index (χ0v) is 23.0. The minimum atomic E-state index is -3.75. The van der Waals surface area contributed by atoms with E-state index in [2.05, 4.69) is 15.3 Å². The third-order valence-electron chi connectivity index (χ3n) is 6.36. The number of hydrogen-bond donors (Lipinski definition) is 2. The van der Waals surface area contributed by atoms with Crippen LogP contribution < -0.4 is 15.2 Å². The fraction of sp³-hybridized carbons (Fsp3) is 0.444. The maximum atomic E-state index is 12.3. The molecule has 1 fully saturated rings. The van der Waals surface area contributed by atoms with Crippen molar-refractivity contribution < 1.29 is 22.7 Å². The highest BCUT2D eigenvalue weighted by Gasteiger charge is 2.26. The molecular weight excluding hydrogens is 506 g/mol. The van der Waals surface area contributed by atoms with Gasteiger partial charge in [0.05, 0.1) is 22.7 Å². The minimum Gasteiger partial charge on any atom is -0.494 e. The number of nitrogens with one attached hydrogen (secondary N) is 1. The summed E-state index contributed by atoms with van der Waals surface area (Å²) in [6.45, 7) is 9.52. The van der Waals surface area contributed by atoms with Crippen LogP contribution in [0.1, 0.15) is 45.7 Å². The molecule has 1 saturated heterocycles. The summed E-state index contributed by atoms with van der Waals surface area (Å²) in [5.41, 5.74) is 1.70. The zero-order valence-electron chi connectivity index (χ0n) is 22.2. The number of hydrogen-bond acceptors (Lipinski definition) is 8. The number of aromatic nitrogens is 2. The lowest BCUT2D eigenvalue weighted by atomic mass is 9.94. The van der Waals surface area contributed by atoms with Crippen molar-refractivity contribution in [3.8, 4) is 5.75 Å². The van der Waals surface area contributed by atoms with E-state index in [0.717, 1.165) is 41.6 Å². The molecule has 1 amide bonds. The second-order valence-corrected chi connectivity index (χ2v) is 12.1. The number of carbonyl (C=O) groups excluding carboxylic acids is 1.